The zero-order valence-corrected chi connectivity index (χ0v) is 54.1. The Balaban J connectivity index is 1.01. The molecule has 0 saturated carbocycles. The van der Waals surface area contributed by atoms with Gasteiger partial charge in [0.05, 0.1) is 17.1 Å². The number of rotatable bonds is 7. The second kappa shape index (κ2) is 20.3. The number of nitrogens with zero attached hydrogens (tertiary/aromatic N) is 3. The van der Waals surface area contributed by atoms with Crippen LogP contribution in [0, 0.1) is 0 Å². The summed E-state index contributed by atoms with van der Waals surface area (Å²) in [5, 5.41) is 5.18. The quantitative estimate of drug-likeness (QED) is 0.148. The summed E-state index contributed by atoms with van der Waals surface area (Å²) >= 11 is 0. The lowest BCUT2D eigenvalue weighted by molar-refractivity contribution is 0.590. The molecule has 0 aliphatic carbocycles. The summed E-state index contributed by atoms with van der Waals surface area (Å²) in [4.78, 5) is 7.44. The zero-order chi connectivity index (χ0) is 62.6. The molecule has 0 fully saturated rings. The molecule has 5 heterocycles. The SMILES string of the molecule is CC(C)(C)c1ccc(N2B3c4oc5ccc(-c6ccccc6)cc5c4N(c4ccc(C(C)(C)C)cc4-c4ccccc4)c4c3c(cc3c4oc4ccccc43)-c3cc4c(cc32)oc2ccc(N(c3ccc(C(C)(C)C)cc3)c3ccc(C(C)(C)C)cc3)cc24)cc1. The van der Waals surface area contributed by atoms with E-state index in [2.05, 4.69) is 328 Å². The van der Waals surface area contributed by atoms with Crippen molar-refractivity contribution in [2.75, 3.05) is 14.6 Å². The van der Waals surface area contributed by atoms with Crippen molar-refractivity contribution in [2.45, 2.75) is 105 Å². The Morgan fingerprint density at radius 2 is 0.857 bits per heavy atom. The zero-order valence-electron chi connectivity index (χ0n) is 54.1. The van der Waals surface area contributed by atoms with E-state index in [1.54, 1.807) is 0 Å². The predicted octanol–water partition coefficient (Wildman–Crippen LogP) is 22.9. The van der Waals surface area contributed by atoms with E-state index in [1.165, 1.54) is 22.3 Å². The number of anilines is 8. The molecule has 0 bridgehead atoms. The van der Waals surface area contributed by atoms with E-state index in [4.69, 9.17) is 13.3 Å². The molecule has 0 saturated heterocycles. The summed E-state index contributed by atoms with van der Waals surface area (Å²) < 4.78 is 22.3. The van der Waals surface area contributed by atoms with Crippen molar-refractivity contribution in [1.82, 2.24) is 0 Å². The van der Waals surface area contributed by atoms with Gasteiger partial charge >= 0.3 is 6.85 Å². The lowest BCUT2D eigenvalue weighted by Crippen LogP contribution is -2.61. The minimum atomic E-state index is -0.472. The highest BCUT2D eigenvalue weighted by Crippen LogP contribution is 2.56. The standard InChI is InChI=1S/C84H74BN3O3/c1-81(2,3)54-28-35-58(36-29-54)86(59-37-30-55(31-38-59)82(4,5)6)61-41-44-73-65(47-61)66-48-64-67-49-68-62-25-19-20-26-72(62)90-79(68)78-76(67)85(88(71(64)50-75(66)89-73)60-39-32-56(33-40-60)83(7,8)9)80-77(69-45-53(27-43-74(69)91-80)51-21-15-13-16-22-51)87(78)70-42-34-57(84(10,11)12)46-63(70)52-23-17-14-18-24-52/h13-50H,1-12H3. The van der Waals surface area contributed by atoms with Gasteiger partial charge in [-0.05, 0) is 169 Å². The van der Waals surface area contributed by atoms with Gasteiger partial charge in [-0.25, -0.2) is 0 Å². The van der Waals surface area contributed by atoms with Crippen molar-refractivity contribution < 1.29 is 13.3 Å². The third-order valence-corrected chi connectivity index (χ3v) is 19.3. The van der Waals surface area contributed by atoms with E-state index in [0.717, 1.165) is 145 Å². The maximum Gasteiger partial charge on any atom is 0.376 e. The van der Waals surface area contributed by atoms with Crippen molar-refractivity contribution in [3.63, 3.8) is 0 Å². The third-order valence-electron chi connectivity index (χ3n) is 19.3. The van der Waals surface area contributed by atoms with E-state index >= 15 is 0 Å². The lowest BCUT2D eigenvalue weighted by atomic mass is 9.45. The van der Waals surface area contributed by atoms with Crippen LogP contribution < -0.4 is 25.7 Å². The largest absolute Gasteiger partial charge is 0.466 e. The van der Waals surface area contributed by atoms with E-state index in [0.29, 0.717) is 0 Å². The smallest absolute Gasteiger partial charge is 0.376 e. The van der Waals surface area contributed by atoms with Crippen LogP contribution in [0.15, 0.2) is 244 Å². The maximum absolute atomic E-state index is 7.67. The fraction of sp³-hybridized carbons (Fsp3) is 0.190. The average molecular weight is 1180 g/mol. The molecule has 16 rings (SSSR count). The number of fused-ring (bicyclic) bond motifs is 13. The van der Waals surface area contributed by atoms with Crippen LogP contribution in [0.4, 0.5) is 45.5 Å². The molecule has 0 amide bonds. The molecule has 3 aromatic heterocycles. The molecule has 11 aromatic carbocycles. The molecule has 6 nitrogen and oxygen atoms in total. The Morgan fingerprint density at radius 3 is 1.49 bits per heavy atom. The van der Waals surface area contributed by atoms with Gasteiger partial charge in [-0.2, -0.15) is 0 Å². The normalized spacial score (nSPS) is 13.4. The van der Waals surface area contributed by atoms with Crippen LogP contribution in [-0.4, -0.2) is 6.85 Å². The van der Waals surface area contributed by atoms with Crippen LogP contribution in [0.5, 0.6) is 0 Å². The summed E-state index contributed by atoms with van der Waals surface area (Å²) in [5.41, 5.74) is 25.9. The van der Waals surface area contributed by atoms with E-state index in [9.17, 15) is 0 Å². The molecule has 0 unspecified atom stereocenters. The second-order valence-corrected chi connectivity index (χ2v) is 29.4. The highest BCUT2D eigenvalue weighted by Gasteiger charge is 2.51. The summed E-state index contributed by atoms with van der Waals surface area (Å²) in [6.45, 7) is 26.9. The van der Waals surface area contributed by atoms with Crippen molar-refractivity contribution in [3.05, 3.63) is 253 Å². The number of benzene rings is 11. The van der Waals surface area contributed by atoms with Gasteiger partial charge in [0.2, 0.25) is 0 Å². The molecule has 2 aliphatic heterocycles. The molecule has 0 radical (unpaired) electrons. The number of hydrogen-bond acceptors (Lipinski definition) is 6. The van der Waals surface area contributed by atoms with Gasteiger partial charge < -0.3 is 27.9 Å². The van der Waals surface area contributed by atoms with Crippen LogP contribution in [0.25, 0.3) is 88.2 Å². The topological polar surface area (TPSA) is 49.1 Å². The van der Waals surface area contributed by atoms with E-state index in [1.807, 2.05) is 0 Å². The molecule has 14 aromatic rings. The minimum Gasteiger partial charge on any atom is -0.466 e. The van der Waals surface area contributed by atoms with E-state index in [-0.39, 0.29) is 21.7 Å². The van der Waals surface area contributed by atoms with E-state index < -0.39 is 6.85 Å². The second-order valence-electron chi connectivity index (χ2n) is 29.4. The van der Waals surface area contributed by atoms with Crippen LogP contribution in [0.1, 0.15) is 105 Å². The molecule has 7 heteroatoms. The molecule has 0 N–H and O–H groups in total. The third kappa shape index (κ3) is 9.21. The first-order valence-corrected chi connectivity index (χ1v) is 32.2. The van der Waals surface area contributed by atoms with Gasteiger partial charge in [-0.3, -0.25) is 0 Å². The first kappa shape index (κ1) is 56.3. The molecule has 0 spiro atoms. The Hall–Kier alpha value is -9.98. The first-order chi connectivity index (χ1) is 43.6. The molecule has 446 valence electrons. The minimum absolute atomic E-state index is 0.00741. The highest BCUT2D eigenvalue weighted by atomic mass is 16.3. The molecular formula is C84H74BN3O3. The first-order valence-electron chi connectivity index (χ1n) is 32.2. The Labute approximate surface area is 534 Å². The fourth-order valence-electron chi connectivity index (χ4n) is 14.3. The van der Waals surface area contributed by atoms with Gasteiger partial charge in [0.25, 0.3) is 0 Å². The molecular weight excluding hydrogens is 1110 g/mol. The summed E-state index contributed by atoms with van der Waals surface area (Å²) in [6, 6.07) is 85.2. The van der Waals surface area contributed by atoms with Crippen molar-refractivity contribution in [2.24, 2.45) is 0 Å². The van der Waals surface area contributed by atoms with Crippen LogP contribution in [-0.2, 0) is 21.7 Å². The fourth-order valence-corrected chi connectivity index (χ4v) is 14.3. The summed E-state index contributed by atoms with van der Waals surface area (Å²) in [6.07, 6.45) is 0. The van der Waals surface area contributed by atoms with Crippen molar-refractivity contribution in [3.8, 4) is 33.4 Å². The monoisotopic (exact) mass is 1180 g/mol. The van der Waals surface area contributed by atoms with Gasteiger partial charge in [0.1, 0.15) is 28.0 Å². The van der Waals surface area contributed by atoms with Gasteiger partial charge in [-0.15, -0.1) is 0 Å². The highest BCUT2D eigenvalue weighted by molar-refractivity contribution is 6.93. The molecule has 0 atom stereocenters. The van der Waals surface area contributed by atoms with Crippen LogP contribution in [0.3, 0.4) is 0 Å². The van der Waals surface area contributed by atoms with Crippen molar-refractivity contribution >= 4 is 118 Å². The van der Waals surface area contributed by atoms with Crippen LogP contribution in [0.2, 0.25) is 0 Å². The Kier molecular flexibility index (Phi) is 12.5. The van der Waals surface area contributed by atoms with Gasteiger partial charge in [0, 0.05) is 72.6 Å². The average Bonchev–Trinajstić information content (AvgIpc) is 1.64. The lowest BCUT2D eigenvalue weighted by Gasteiger charge is -2.44. The molecule has 2 aliphatic rings. The maximum atomic E-state index is 7.67. The number of furan rings is 3. The van der Waals surface area contributed by atoms with Gasteiger partial charge in [-0.1, -0.05) is 210 Å². The summed E-state index contributed by atoms with van der Waals surface area (Å²) in [7, 11) is 0. The number of hydrogen-bond donors (Lipinski definition) is 0. The Morgan fingerprint density at radius 1 is 0.330 bits per heavy atom. The number of para-hydroxylation sites is 1. The Bertz CT molecular complexity index is 5140. The van der Waals surface area contributed by atoms with Gasteiger partial charge in [0.15, 0.2) is 5.58 Å². The summed E-state index contributed by atoms with van der Waals surface area (Å²) in [5.74, 6) is 0. The predicted molar refractivity (Wildman–Crippen MR) is 385 cm³/mol. The van der Waals surface area contributed by atoms with Crippen LogP contribution >= 0.6 is 0 Å². The molecule has 91 heavy (non-hydrogen) atoms. The van der Waals surface area contributed by atoms with Crippen molar-refractivity contribution in [1.29, 1.82) is 0 Å².